The third-order valence-corrected chi connectivity index (χ3v) is 5.68. The molecule has 1 fully saturated rings. The number of pyridine rings is 1. The van der Waals surface area contributed by atoms with E-state index in [1.807, 2.05) is 36.5 Å². The van der Waals surface area contributed by atoms with Gasteiger partial charge in [0.1, 0.15) is 5.75 Å². The van der Waals surface area contributed by atoms with Gasteiger partial charge >= 0.3 is 0 Å². The Bertz CT molecular complexity index is 1020. The molecule has 0 spiro atoms. The lowest BCUT2D eigenvalue weighted by Gasteiger charge is -2.35. The van der Waals surface area contributed by atoms with Crippen molar-refractivity contribution in [2.45, 2.75) is 12.6 Å². The second-order valence-electron chi connectivity index (χ2n) is 7.72. The van der Waals surface area contributed by atoms with Crippen molar-refractivity contribution in [1.29, 1.82) is 0 Å². The molecule has 4 rings (SSSR count). The van der Waals surface area contributed by atoms with Crippen molar-refractivity contribution in [3.63, 3.8) is 0 Å². The largest absolute Gasteiger partial charge is 0.497 e. The predicted molar refractivity (Wildman–Crippen MR) is 143 cm³/mol. The molecule has 0 saturated carbocycles. The minimum atomic E-state index is 0. The Labute approximate surface area is 217 Å². The quantitative estimate of drug-likeness (QED) is 0.242. The van der Waals surface area contributed by atoms with Crippen LogP contribution in [0.2, 0.25) is 0 Å². The molecule has 3 aromatic rings. The van der Waals surface area contributed by atoms with E-state index < -0.39 is 0 Å². The Kier molecular flexibility index (Phi) is 10.1. The number of nitrogens with one attached hydrogen (secondary N) is 2. The maximum atomic E-state index is 5.56. The zero-order valence-electron chi connectivity index (χ0n) is 19.6. The topological polar surface area (TPSA) is 88.8 Å². The van der Waals surface area contributed by atoms with Gasteiger partial charge in [0, 0.05) is 51.8 Å². The zero-order valence-corrected chi connectivity index (χ0v) is 21.9. The molecule has 10 heteroatoms. The molecule has 0 aliphatic carbocycles. The number of benzene rings is 1. The Morgan fingerprint density at radius 1 is 1.15 bits per heavy atom. The molecule has 0 radical (unpaired) electrons. The lowest BCUT2D eigenvalue weighted by Crippen LogP contribution is -2.46. The standard InChI is InChI=1S/C24H31N7O2.HI/c1-25-24(27-17-19-8-10-26-23(16-19)31-11-3-9-29-31)28-18-22(30-12-14-33-15-13-30)20-4-6-21(32-2)7-5-20;/h3-11,16,22H,12-15,17-18H2,1-2H3,(H2,25,27,28);1H. The van der Waals surface area contributed by atoms with E-state index in [1.165, 1.54) is 5.56 Å². The van der Waals surface area contributed by atoms with Gasteiger partial charge in [-0.3, -0.25) is 9.89 Å². The molecule has 9 nitrogen and oxygen atoms in total. The molecule has 1 atom stereocenters. The van der Waals surface area contributed by atoms with E-state index in [0.717, 1.165) is 55.9 Å². The summed E-state index contributed by atoms with van der Waals surface area (Å²) in [6.45, 7) is 4.65. The van der Waals surface area contributed by atoms with Gasteiger partial charge < -0.3 is 20.1 Å². The highest BCUT2D eigenvalue weighted by atomic mass is 127. The first kappa shape index (κ1) is 25.9. The molecule has 2 N–H and O–H groups in total. The molecule has 34 heavy (non-hydrogen) atoms. The van der Waals surface area contributed by atoms with Crippen LogP contribution in [0, 0.1) is 0 Å². The first-order valence-electron chi connectivity index (χ1n) is 11.1. The fraction of sp³-hybridized carbons (Fsp3) is 0.375. The number of rotatable bonds is 8. The first-order valence-corrected chi connectivity index (χ1v) is 11.1. The molecule has 182 valence electrons. The summed E-state index contributed by atoms with van der Waals surface area (Å²) < 4.78 is 12.6. The van der Waals surface area contributed by atoms with Gasteiger partial charge in [0.05, 0.1) is 26.4 Å². The fourth-order valence-corrected chi connectivity index (χ4v) is 3.87. The average molecular weight is 577 g/mol. The molecule has 1 aliphatic rings. The van der Waals surface area contributed by atoms with Gasteiger partial charge in [0.15, 0.2) is 11.8 Å². The second-order valence-corrected chi connectivity index (χ2v) is 7.72. The Balaban J connectivity index is 0.00000324. The number of nitrogens with zero attached hydrogens (tertiary/aromatic N) is 5. The summed E-state index contributed by atoms with van der Waals surface area (Å²) in [4.78, 5) is 11.2. The summed E-state index contributed by atoms with van der Waals surface area (Å²) in [5, 5.41) is 11.2. The van der Waals surface area contributed by atoms with Crippen LogP contribution in [0.1, 0.15) is 17.2 Å². The van der Waals surface area contributed by atoms with Crippen molar-refractivity contribution in [2.24, 2.45) is 4.99 Å². The van der Waals surface area contributed by atoms with Gasteiger partial charge in [-0.1, -0.05) is 12.1 Å². The lowest BCUT2D eigenvalue weighted by molar-refractivity contribution is 0.0170. The van der Waals surface area contributed by atoms with Crippen LogP contribution in [-0.4, -0.2) is 72.6 Å². The van der Waals surface area contributed by atoms with E-state index in [-0.39, 0.29) is 30.0 Å². The van der Waals surface area contributed by atoms with Crippen LogP contribution in [0.25, 0.3) is 5.82 Å². The number of hydrogen-bond donors (Lipinski definition) is 2. The van der Waals surface area contributed by atoms with E-state index in [0.29, 0.717) is 6.54 Å². The van der Waals surface area contributed by atoms with Crippen LogP contribution >= 0.6 is 24.0 Å². The highest BCUT2D eigenvalue weighted by Crippen LogP contribution is 2.23. The normalized spacial score (nSPS) is 15.3. The number of guanidine groups is 1. The molecule has 2 aromatic heterocycles. The molecule has 1 aromatic carbocycles. The number of aliphatic imine (C=N–C) groups is 1. The molecule has 1 unspecified atom stereocenters. The van der Waals surface area contributed by atoms with E-state index >= 15 is 0 Å². The molecule has 1 aliphatic heterocycles. The molecule has 0 bridgehead atoms. The summed E-state index contributed by atoms with van der Waals surface area (Å²) in [7, 11) is 3.47. The Morgan fingerprint density at radius 2 is 1.94 bits per heavy atom. The van der Waals surface area contributed by atoms with Crippen LogP contribution in [-0.2, 0) is 11.3 Å². The third-order valence-electron chi connectivity index (χ3n) is 5.68. The van der Waals surface area contributed by atoms with E-state index in [9.17, 15) is 0 Å². The summed E-state index contributed by atoms with van der Waals surface area (Å²) in [6, 6.07) is 14.4. The van der Waals surface area contributed by atoms with Crippen molar-refractivity contribution in [3.8, 4) is 11.6 Å². The molecular formula is C24H32IN7O2. The second kappa shape index (κ2) is 13.3. The fourth-order valence-electron chi connectivity index (χ4n) is 3.87. The van der Waals surface area contributed by atoms with Crippen molar-refractivity contribution >= 4 is 29.9 Å². The number of ether oxygens (including phenoxy) is 2. The van der Waals surface area contributed by atoms with Crippen LogP contribution in [0.4, 0.5) is 0 Å². The average Bonchev–Trinajstić information content (AvgIpc) is 3.42. The molecule has 1 saturated heterocycles. The smallest absolute Gasteiger partial charge is 0.191 e. The van der Waals surface area contributed by atoms with E-state index in [2.05, 4.69) is 42.7 Å². The molecular weight excluding hydrogens is 545 g/mol. The molecule has 3 heterocycles. The van der Waals surface area contributed by atoms with Gasteiger partial charge in [-0.15, -0.1) is 24.0 Å². The SMILES string of the molecule is CN=C(NCc1ccnc(-n2cccn2)c1)NCC(c1ccc(OC)cc1)N1CCOCC1.I. The lowest BCUT2D eigenvalue weighted by atomic mass is 10.0. The number of aromatic nitrogens is 3. The minimum Gasteiger partial charge on any atom is -0.497 e. The maximum Gasteiger partial charge on any atom is 0.191 e. The van der Waals surface area contributed by atoms with Gasteiger partial charge in [-0.05, 0) is 41.5 Å². The van der Waals surface area contributed by atoms with Crippen molar-refractivity contribution in [2.75, 3.05) is 47.0 Å². The van der Waals surface area contributed by atoms with Gasteiger partial charge in [-0.25, -0.2) is 9.67 Å². The predicted octanol–water partition coefficient (Wildman–Crippen LogP) is 2.63. The van der Waals surface area contributed by atoms with E-state index in [1.54, 1.807) is 31.2 Å². The summed E-state index contributed by atoms with van der Waals surface area (Å²) in [6.07, 6.45) is 5.42. The van der Waals surface area contributed by atoms with Crippen LogP contribution < -0.4 is 15.4 Å². The van der Waals surface area contributed by atoms with Crippen LogP contribution in [0.5, 0.6) is 5.75 Å². The highest BCUT2D eigenvalue weighted by molar-refractivity contribution is 14.0. The summed E-state index contributed by atoms with van der Waals surface area (Å²) >= 11 is 0. The maximum absolute atomic E-state index is 5.56. The van der Waals surface area contributed by atoms with Crippen molar-refractivity contribution < 1.29 is 9.47 Å². The van der Waals surface area contributed by atoms with Crippen molar-refractivity contribution in [3.05, 3.63) is 72.2 Å². The number of halogens is 1. The van der Waals surface area contributed by atoms with E-state index in [4.69, 9.17) is 9.47 Å². The molecule has 0 amide bonds. The zero-order chi connectivity index (χ0) is 22.9. The summed E-state index contributed by atoms with van der Waals surface area (Å²) in [5.41, 5.74) is 2.33. The van der Waals surface area contributed by atoms with Crippen LogP contribution in [0.15, 0.2) is 66.0 Å². The first-order chi connectivity index (χ1) is 16.3. The van der Waals surface area contributed by atoms with Crippen molar-refractivity contribution in [1.82, 2.24) is 30.3 Å². The summed E-state index contributed by atoms with van der Waals surface area (Å²) in [5.74, 6) is 2.39. The van der Waals surface area contributed by atoms with Gasteiger partial charge in [-0.2, -0.15) is 5.10 Å². The number of hydrogen-bond acceptors (Lipinski definition) is 6. The van der Waals surface area contributed by atoms with Crippen LogP contribution in [0.3, 0.4) is 0 Å². The monoisotopic (exact) mass is 577 g/mol. The van der Waals surface area contributed by atoms with Gasteiger partial charge in [0.2, 0.25) is 0 Å². The Morgan fingerprint density at radius 3 is 2.62 bits per heavy atom. The number of morpholine rings is 1. The number of methoxy groups -OCH3 is 1. The minimum absolute atomic E-state index is 0. The van der Waals surface area contributed by atoms with Gasteiger partial charge in [0.25, 0.3) is 0 Å². The third kappa shape index (κ3) is 6.90. The highest BCUT2D eigenvalue weighted by Gasteiger charge is 2.23. The Hall–Kier alpha value is -2.70.